The first-order valence-corrected chi connectivity index (χ1v) is 6.50. The van der Waals surface area contributed by atoms with Gasteiger partial charge in [0.1, 0.15) is 0 Å². The Morgan fingerprint density at radius 3 is 2.55 bits per heavy atom. The molecule has 1 aromatic heterocycles. The second-order valence-corrected chi connectivity index (χ2v) is 5.09. The maximum atomic E-state index is 12.4. The zero-order valence-corrected chi connectivity index (χ0v) is 14.1. The summed E-state index contributed by atoms with van der Waals surface area (Å²) < 4.78 is 1.85. The van der Waals surface area contributed by atoms with Crippen molar-refractivity contribution in [2.45, 2.75) is 33.2 Å². The average molecular weight is 323 g/mol. The zero-order chi connectivity index (χ0) is 13.3. The van der Waals surface area contributed by atoms with E-state index in [1.165, 1.54) is 0 Å². The van der Waals surface area contributed by atoms with Gasteiger partial charge in [-0.2, -0.15) is 5.10 Å². The summed E-state index contributed by atoms with van der Waals surface area (Å²) in [5.74, 6) is 0.211. The lowest BCUT2D eigenvalue weighted by Crippen LogP contribution is -2.52. The van der Waals surface area contributed by atoms with Crippen molar-refractivity contribution < 1.29 is 4.79 Å². The molecule has 1 fully saturated rings. The van der Waals surface area contributed by atoms with Crippen LogP contribution >= 0.6 is 24.8 Å². The average Bonchev–Trinajstić information content (AvgIpc) is 2.56. The molecule has 1 aliphatic heterocycles. The maximum Gasteiger partial charge on any atom is 0.227 e. The van der Waals surface area contributed by atoms with Crippen molar-refractivity contribution in [3.8, 4) is 0 Å². The number of hydrogen-bond acceptors (Lipinski definition) is 3. The number of nitrogens with one attached hydrogen (secondary N) is 1. The van der Waals surface area contributed by atoms with Crippen LogP contribution < -0.4 is 5.32 Å². The summed E-state index contributed by atoms with van der Waals surface area (Å²) in [6.45, 7) is 8.66. The van der Waals surface area contributed by atoms with Gasteiger partial charge in [0, 0.05) is 44.0 Å². The number of carbonyl (C=O) groups is 1. The first kappa shape index (κ1) is 19.2. The van der Waals surface area contributed by atoms with E-state index in [2.05, 4.69) is 17.3 Å². The van der Waals surface area contributed by atoms with Crippen LogP contribution in [0.2, 0.25) is 0 Å². The molecular formula is C13H24Cl2N4O. The van der Waals surface area contributed by atoms with Crippen molar-refractivity contribution in [1.29, 1.82) is 0 Å². The number of amides is 1. The van der Waals surface area contributed by atoms with E-state index in [9.17, 15) is 4.79 Å². The molecule has 5 nitrogen and oxygen atoms in total. The zero-order valence-electron chi connectivity index (χ0n) is 12.5. The van der Waals surface area contributed by atoms with E-state index in [0.29, 0.717) is 6.42 Å². The van der Waals surface area contributed by atoms with Gasteiger partial charge in [-0.25, -0.2) is 0 Å². The van der Waals surface area contributed by atoms with Gasteiger partial charge in [0.25, 0.3) is 0 Å². The molecule has 0 saturated carbocycles. The van der Waals surface area contributed by atoms with Crippen LogP contribution in [0.1, 0.15) is 23.9 Å². The summed E-state index contributed by atoms with van der Waals surface area (Å²) in [5.41, 5.74) is 3.13. The molecule has 116 valence electrons. The first-order chi connectivity index (χ1) is 8.50. The summed E-state index contributed by atoms with van der Waals surface area (Å²) in [5, 5.41) is 7.66. The first-order valence-electron chi connectivity index (χ1n) is 6.50. The molecule has 0 radical (unpaired) electrons. The largest absolute Gasteiger partial charge is 0.337 e. The van der Waals surface area contributed by atoms with E-state index in [0.717, 1.165) is 36.6 Å². The molecule has 0 bridgehead atoms. The van der Waals surface area contributed by atoms with Crippen molar-refractivity contribution in [2.24, 2.45) is 7.05 Å². The highest BCUT2D eigenvalue weighted by Gasteiger charge is 2.24. The smallest absolute Gasteiger partial charge is 0.227 e. The second-order valence-electron chi connectivity index (χ2n) is 5.09. The Labute approximate surface area is 132 Å². The van der Waals surface area contributed by atoms with Gasteiger partial charge in [-0.05, 0) is 20.8 Å². The Kier molecular flexibility index (Phi) is 7.55. The fourth-order valence-electron chi connectivity index (χ4n) is 2.54. The van der Waals surface area contributed by atoms with Gasteiger partial charge >= 0.3 is 0 Å². The molecule has 2 heterocycles. The van der Waals surface area contributed by atoms with Crippen LogP contribution in [0, 0.1) is 13.8 Å². The Balaban J connectivity index is 0.00000180. The molecule has 0 unspecified atom stereocenters. The van der Waals surface area contributed by atoms with E-state index in [-0.39, 0.29) is 36.8 Å². The van der Waals surface area contributed by atoms with Crippen LogP contribution in [0.3, 0.4) is 0 Å². The molecule has 0 spiro atoms. The second kappa shape index (κ2) is 7.86. The van der Waals surface area contributed by atoms with E-state index >= 15 is 0 Å². The van der Waals surface area contributed by atoms with E-state index in [1.54, 1.807) is 0 Å². The van der Waals surface area contributed by atoms with Crippen molar-refractivity contribution >= 4 is 30.7 Å². The Hall–Kier alpha value is -0.780. The van der Waals surface area contributed by atoms with Crippen molar-refractivity contribution in [1.82, 2.24) is 20.0 Å². The monoisotopic (exact) mass is 322 g/mol. The molecule has 1 saturated heterocycles. The third-order valence-corrected chi connectivity index (χ3v) is 3.81. The molecule has 1 aromatic rings. The van der Waals surface area contributed by atoms with Gasteiger partial charge in [-0.3, -0.25) is 9.48 Å². The topological polar surface area (TPSA) is 50.2 Å². The van der Waals surface area contributed by atoms with Crippen molar-refractivity contribution in [3.63, 3.8) is 0 Å². The molecule has 2 rings (SSSR count). The molecule has 1 amide bonds. The third kappa shape index (κ3) is 3.87. The number of aromatic nitrogens is 2. The summed E-state index contributed by atoms with van der Waals surface area (Å²) in [4.78, 5) is 14.3. The minimum absolute atomic E-state index is 0. The van der Waals surface area contributed by atoms with Gasteiger partial charge in [-0.15, -0.1) is 24.8 Å². The molecule has 0 aliphatic carbocycles. The van der Waals surface area contributed by atoms with Gasteiger partial charge < -0.3 is 10.2 Å². The van der Waals surface area contributed by atoms with Crippen LogP contribution in [0.15, 0.2) is 0 Å². The van der Waals surface area contributed by atoms with Crippen molar-refractivity contribution in [3.05, 3.63) is 17.0 Å². The summed E-state index contributed by atoms with van der Waals surface area (Å²) in [7, 11) is 1.92. The Morgan fingerprint density at radius 2 is 2.05 bits per heavy atom. The molecule has 0 aromatic carbocycles. The minimum Gasteiger partial charge on any atom is -0.337 e. The van der Waals surface area contributed by atoms with E-state index < -0.39 is 0 Å². The highest BCUT2D eigenvalue weighted by atomic mass is 35.5. The van der Waals surface area contributed by atoms with Gasteiger partial charge in [0.15, 0.2) is 0 Å². The fraction of sp³-hybridized carbons (Fsp3) is 0.692. The highest BCUT2D eigenvalue weighted by Crippen LogP contribution is 2.15. The molecule has 1 N–H and O–H groups in total. The van der Waals surface area contributed by atoms with Crippen LogP contribution in [-0.2, 0) is 18.3 Å². The SMILES string of the molecule is Cc1nn(C)c(C)c1CC(=O)N1CCNC[C@H]1C.Cl.Cl. The lowest BCUT2D eigenvalue weighted by molar-refractivity contribution is -0.133. The Morgan fingerprint density at radius 1 is 1.40 bits per heavy atom. The number of carbonyl (C=O) groups excluding carboxylic acids is 1. The van der Waals surface area contributed by atoms with Gasteiger partial charge in [-0.1, -0.05) is 0 Å². The quantitative estimate of drug-likeness (QED) is 0.891. The number of hydrogen-bond donors (Lipinski definition) is 1. The Bertz CT molecular complexity index is 461. The van der Waals surface area contributed by atoms with Crippen molar-refractivity contribution in [2.75, 3.05) is 19.6 Å². The van der Waals surface area contributed by atoms with Crippen LogP contribution in [0.4, 0.5) is 0 Å². The summed E-state index contributed by atoms with van der Waals surface area (Å²) in [6, 6.07) is 0.281. The van der Waals surface area contributed by atoms with Crippen LogP contribution in [-0.4, -0.2) is 46.3 Å². The summed E-state index contributed by atoms with van der Waals surface area (Å²) >= 11 is 0. The molecule has 7 heteroatoms. The predicted molar refractivity (Wildman–Crippen MR) is 84.9 cm³/mol. The molecule has 1 aliphatic rings. The lowest BCUT2D eigenvalue weighted by Gasteiger charge is -2.34. The normalized spacial score (nSPS) is 18.2. The maximum absolute atomic E-state index is 12.4. The lowest BCUT2D eigenvalue weighted by atomic mass is 10.1. The number of piperazine rings is 1. The molecular weight excluding hydrogens is 299 g/mol. The van der Waals surface area contributed by atoms with Gasteiger partial charge in [0.2, 0.25) is 5.91 Å². The van der Waals surface area contributed by atoms with Crippen LogP contribution in [0.25, 0.3) is 0 Å². The summed E-state index contributed by atoms with van der Waals surface area (Å²) in [6.07, 6.45) is 0.468. The van der Waals surface area contributed by atoms with E-state index in [4.69, 9.17) is 0 Å². The number of rotatable bonds is 2. The van der Waals surface area contributed by atoms with Gasteiger partial charge in [0.05, 0.1) is 12.1 Å². The number of aryl methyl sites for hydroxylation is 2. The minimum atomic E-state index is 0. The third-order valence-electron chi connectivity index (χ3n) is 3.81. The van der Waals surface area contributed by atoms with E-state index in [1.807, 2.05) is 30.5 Å². The highest BCUT2D eigenvalue weighted by molar-refractivity contribution is 5.85. The van der Waals surface area contributed by atoms with Crippen LogP contribution in [0.5, 0.6) is 0 Å². The fourth-order valence-corrected chi connectivity index (χ4v) is 2.54. The molecule has 20 heavy (non-hydrogen) atoms. The number of nitrogens with zero attached hydrogens (tertiary/aromatic N) is 3. The standard InChI is InChI=1S/C13H22N4O.2ClH/c1-9-8-14-5-6-17(9)13(18)7-12-10(2)15-16(4)11(12)3;;/h9,14H,5-8H2,1-4H3;2*1H/t9-;;/m1../s1. The number of halogens is 2. The predicted octanol–water partition coefficient (Wildman–Crippen LogP) is 1.24. The molecule has 1 atom stereocenters.